The zero-order valence-electron chi connectivity index (χ0n) is 27.6. The van der Waals surface area contributed by atoms with Crippen molar-refractivity contribution in [2.45, 2.75) is 53.0 Å². The molecular weight excluding hydrogens is 712 g/mol. The minimum atomic E-state index is -4.55. The van der Waals surface area contributed by atoms with E-state index < -0.39 is 30.5 Å². The van der Waals surface area contributed by atoms with Gasteiger partial charge in [0.2, 0.25) is 0 Å². The summed E-state index contributed by atoms with van der Waals surface area (Å²) in [7, 11) is 2.38. The fraction of sp³-hybridized carbons (Fsp3) is 0.371. The van der Waals surface area contributed by atoms with Gasteiger partial charge in [0.15, 0.2) is 0 Å². The molecule has 0 spiro atoms. The second-order valence-corrected chi connectivity index (χ2v) is 16.4. The van der Waals surface area contributed by atoms with Crippen molar-refractivity contribution in [1.82, 2.24) is 14.9 Å². The second kappa shape index (κ2) is 13.4. The van der Waals surface area contributed by atoms with Gasteiger partial charge in [0.1, 0.15) is 38.7 Å². The number of nitrogens with one attached hydrogen (secondary N) is 1. The van der Waals surface area contributed by atoms with E-state index in [1.165, 1.54) is 32.8 Å². The number of aryl methyl sites for hydroxylation is 1. The molecule has 0 bridgehead atoms. The van der Waals surface area contributed by atoms with E-state index in [2.05, 4.69) is 32.3 Å². The minimum absolute atomic E-state index is 0.0359. The molecule has 0 unspecified atom stereocenters. The molecule has 6 rings (SSSR count). The van der Waals surface area contributed by atoms with Gasteiger partial charge in [-0.1, -0.05) is 41.4 Å². The molecule has 14 heteroatoms. The summed E-state index contributed by atoms with van der Waals surface area (Å²) >= 11 is 20.8. The lowest BCUT2D eigenvalue weighted by atomic mass is 9.77. The van der Waals surface area contributed by atoms with Crippen LogP contribution in [-0.4, -0.2) is 68.0 Å². The Hall–Kier alpha value is -3.35. The molecule has 0 aliphatic heterocycles. The number of halogens is 4. The molecule has 2 aliphatic carbocycles. The fourth-order valence-electron chi connectivity index (χ4n) is 7.19. The number of fused-ring (bicyclic) bond motifs is 1. The maximum atomic E-state index is 16.1. The van der Waals surface area contributed by atoms with Crippen molar-refractivity contribution in [3.63, 3.8) is 0 Å². The number of anilines is 2. The Morgan fingerprint density at radius 3 is 2.49 bits per heavy atom. The Morgan fingerprint density at radius 2 is 1.84 bits per heavy atom. The highest BCUT2D eigenvalue weighted by Gasteiger charge is 2.78. The number of methoxy groups -OCH3 is 2. The zero-order chi connectivity index (χ0) is 35.3. The summed E-state index contributed by atoms with van der Waals surface area (Å²) in [6.45, 7) is 1.82. The van der Waals surface area contributed by atoms with Crippen LogP contribution in [0.4, 0.5) is 15.9 Å². The monoisotopic (exact) mass is 747 g/mol. The molecule has 1 heterocycles. The lowest BCUT2D eigenvalue weighted by Crippen LogP contribution is -2.49. The van der Waals surface area contributed by atoms with Crippen LogP contribution in [0.3, 0.4) is 0 Å². The number of hydrogen-bond donors (Lipinski definition) is 1. The summed E-state index contributed by atoms with van der Waals surface area (Å²) in [5.41, 5.74) is 2.56. The molecular formula is C35H37Cl3FN5O4S. The number of aromatic nitrogens is 2. The van der Waals surface area contributed by atoms with E-state index in [0.29, 0.717) is 29.9 Å². The first-order chi connectivity index (χ1) is 23.2. The van der Waals surface area contributed by atoms with Gasteiger partial charge in [-0.3, -0.25) is 0 Å². The van der Waals surface area contributed by atoms with E-state index >= 15 is 4.39 Å². The first-order valence-electron chi connectivity index (χ1n) is 15.6. The Balaban J connectivity index is 1.32. The van der Waals surface area contributed by atoms with Crippen molar-refractivity contribution in [2.75, 3.05) is 37.9 Å². The van der Waals surface area contributed by atoms with Gasteiger partial charge in [-0.2, -0.15) is 0 Å². The number of hydrogen-bond acceptors (Lipinski definition) is 8. The first kappa shape index (κ1) is 35.5. The molecule has 2 aliphatic rings. The summed E-state index contributed by atoms with van der Waals surface area (Å²) in [6, 6.07) is 16.7. The molecule has 49 heavy (non-hydrogen) atoms. The van der Waals surface area contributed by atoms with E-state index in [-0.39, 0.29) is 41.1 Å². The molecule has 3 aromatic carbocycles. The predicted molar refractivity (Wildman–Crippen MR) is 191 cm³/mol. The summed E-state index contributed by atoms with van der Waals surface area (Å²) in [4.78, 5) is 9.56. The number of likely N-dealkylation sites (N-methyl/N-ethyl adjacent to an activating group) is 1. The van der Waals surface area contributed by atoms with Gasteiger partial charge in [0.05, 0.1) is 31.5 Å². The van der Waals surface area contributed by atoms with Crippen molar-refractivity contribution in [3.05, 3.63) is 101 Å². The smallest absolute Gasteiger partial charge is 0.268 e. The third-order valence-electron chi connectivity index (χ3n) is 9.79. The van der Waals surface area contributed by atoms with Gasteiger partial charge in [-0.25, -0.2) is 27.1 Å². The Bertz CT molecular complexity index is 1970. The molecule has 0 amide bonds. The van der Waals surface area contributed by atoms with Gasteiger partial charge in [0, 0.05) is 47.3 Å². The van der Waals surface area contributed by atoms with Crippen LogP contribution in [0, 0.1) is 18.7 Å². The van der Waals surface area contributed by atoms with Crippen LogP contribution in [0.25, 0.3) is 0 Å². The molecule has 1 aromatic heterocycles. The van der Waals surface area contributed by atoms with E-state index in [1.54, 1.807) is 18.2 Å². The largest absolute Gasteiger partial charge is 0.497 e. The molecule has 2 fully saturated rings. The topological polar surface area (TPSA) is 96.9 Å². The second-order valence-electron chi connectivity index (χ2n) is 12.8. The molecule has 4 atom stereocenters. The summed E-state index contributed by atoms with van der Waals surface area (Å²) in [5, 5.41) is 3.45. The molecule has 260 valence electrons. The van der Waals surface area contributed by atoms with E-state index in [4.69, 9.17) is 44.3 Å². The standard InChI is InChI=1S/C35H37Cl3FN5O4S/c1-21-7-6-8-23(13-21)34-18-29(43(2)3)28(17-32(34)35(34,37)38)42-27-16-26(39)31(15-25(27)36)49(45,46)44(33-11-12-40-20-41-33)19-22-9-10-24(47-4)14-30(22)48-5/h6-16,20,28-29,32,42H,17-19H2,1-5H3/t28-,29-,32+,34+/m1/s1. The SMILES string of the molecule is COc1ccc(CN(c2ccncn2)S(=O)(=O)c2cc(Cl)c(N[C@@H]3C[C@@H]4C(Cl)(Cl)[C@]4(c4cccc(C)c4)C[C@H]3N(C)C)cc2F)c(OC)c1. The highest BCUT2D eigenvalue weighted by atomic mass is 35.5. The van der Waals surface area contributed by atoms with Gasteiger partial charge in [-0.15, -0.1) is 23.2 Å². The van der Waals surface area contributed by atoms with Crippen molar-refractivity contribution >= 4 is 56.3 Å². The minimum Gasteiger partial charge on any atom is -0.497 e. The average Bonchev–Trinajstić information content (AvgIpc) is 3.58. The molecule has 0 saturated heterocycles. The first-order valence-corrected chi connectivity index (χ1v) is 18.2. The van der Waals surface area contributed by atoms with Gasteiger partial charge in [-0.05, 0) is 63.7 Å². The Labute approximate surface area is 301 Å². The van der Waals surface area contributed by atoms with Crippen LogP contribution in [0.1, 0.15) is 29.5 Å². The third kappa shape index (κ3) is 6.29. The van der Waals surface area contributed by atoms with Crippen LogP contribution in [0.2, 0.25) is 5.02 Å². The summed E-state index contributed by atoms with van der Waals surface area (Å²) in [5.74, 6) is -0.0889. The lowest BCUT2D eigenvalue weighted by Gasteiger charge is -2.40. The van der Waals surface area contributed by atoms with Gasteiger partial charge in [0.25, 0.3) is 10.0 Å². The van der Waals surface area contributed by atoms with Crippen LogP contribution >= 0.6 is 34.8 Å². The average molecular weight is 749 g/mol. The lowest BCUT2D eigenvalue weighted by molar-refractivity contribution is 0.191. The van der Waals surface area contributed by atoms with Gasteiger partial charge >= 0.3 is 0 Å². The molecule has 2 saturated carbocycles. The molecule has 9 nitrogen and oxygen atoms in total. The number of nitrogens with zero attached hydrogens (tertiary/aromatic N) is 4. The van der Waals surface area contributed by atoms with Crippen LogP contribution < -0.4 is 19.1 Å². The Kier molecular flexibility index (Phi) is 9.71. The molecule has 4 aromatic rings. The Morgan fingerprint density at radius 1 is 1.06 bits per heavy atom. The van der Waals surface area contributed by atoms with Gasteiger partial charge < -0.3 is 19.7 Å². The number of sulfonamides is 1. The third-order valence-corrected chi connectivity index (χ3v) is 13.1. The highest BCUT2D eigenvalue weighted by Crippen LogP contribution is 2.75. The van der Waals surface area contributed by atoms with E-state index in [0.717, 1.165) is 27.6 Å². The van der Waals surface area contributed by atoms with E-state index in [1.807, 2.05) is 33.2 Å². The number of alkyl halides is 2. The predicted octanol–water partition coefficient (Wildman–Crippen LogP) is 7.24. The fourth-order valence-corrected chi connectivity index (χ4v) is 10.0. The maximum absolute atomic E-state index is 16.1. The highest BCUT2D eigenvalue weighted by molar-refractivity contribution is 7.92. The zero-order valence-corrected chi connectivity index (χ0v) is 30.7. The number of benzene rings is 3. The molecule has 0 radical (unpaired) electrons. The molecule has 1 N–H and O–H groups in total. The normalized spacial score (nSPS) is 22.7. The van der Waals surface area contributed by atoms with E-state index in [9.17, 15) is 8.42 Å². The van der Waals surface area contributed by atoms with Crippen LogP contribution in [0.15, 0.2) is 78.1 Å². The van der Waals surface area contributed by atoms with Crippen molar-refractivity contribution in [3.8, 4) is 11.5 Å². The number of rotatable bonds is 11. The van der Waals surface area contributed by atoms with Crippen LogP contribution in [-0.2, 0) is 22.0 Å². The van der Waals surface area contributed by atoms with Crippen molar-refractivity contribution in [2.24, 2.45) is 5.92 Å². The number of ether oxygens (including phenoxy) is 2. The quantitative estimate of drug-likeness (QED) is 0.161. The summed E-state index contributed by atoms with van der Waals surface area (Å²) < 4.78 is 55.4. The van der Waals surface area contributed by atoms with Crippen LogP contribution in [0.5, 0.6) is 11.5 Å². The van der Waals surface area contributed by atoms with Crippen molar-refractivity contribution < 1.29 is 22.3 Å². The van der Waals surface area contributed by atoms with Crippen molar-refractivity contribution in [1.29, 1.82) is 0 Å². The maximum Gasteiger partial charge on any atom is 0.268 e. The summed E-state index contributed by atoms with van der Waals surface area (Å²) in [6.07, 6.45) is 3.87.